The topological polar surface area (TPSA) is 33.1 Å². The van der Waals surface area contributed by atoms with Crippen LogP contribution in [0.15, 0.2) is 12.4 Å². The summed E-state index contributed by atoms with van der Waals surface area (Å²) in [5.41, 5.74) is 0.642. The average molecular weight is 178 g/mol. The number of rotatable bonds is 1. The first-order valence-electron chi connectivity index (χ1n) is 2.63. The van der Waals surface area contributed by atoms with Crippen molar-refractivity contribution in [1.29, 1.82) is 0 Å². The highest BCUT2D eigenvalue weighted by molar-refractivity contribution is 6.33. The Morgan fingerprint density at radius 3 is 2.70 bits per heavy atom. The van der Waals surface area contributed by atoms with Gasteiger partial charge >= 0.3 is 0 Å². The summed E-state index contributed by atoms with van der Waals surface area (Å²) >= 11 is 11.1. The molecule has 1 heterocycles. The van der Waals surface area contributed by atoms with Gasteiger partial charge in [0.1, 0.15) is 0 Å². The molecule has 1 aromatic heterocycles. The quantitative estimate of drug-likeness (QED) is 0.668. The molecule has 0 atom stereocenters. The van der Waals surface area contributed by atoms with E-state index in [1.807, 2.05) is 0 Å². The van der Waals surface area contributed by atoms with Gasteiger partial charge in [0.05, 0.1) is 17.1 Å². The van der Waals surface area contributed by atoms with Crippen LogP contribution in [0.2, 0.25) is 5.02 Å². The van der Waals surface area contributed by atoms with Crippen molar-refractivity contribution in [3.05, 3.63) is 23.0 Å². The van der Waals surface area contributed by atoms with E-state index < -0.39 is 0 Å². The molecule has 1 aromatic rings. The van der Waals surface area contributed by atoms with Crippen LogP contribution in [0.25, 0.3) is 0 Å². The summed E-state index contributed by atoms with van der Waals surface area (Å²) in [6.45, 7) is 0. The van der Waals surface area contributed by atoms with Gasteiger partial charge in [0.25, 0.3) is 0 Å². The lowest BCUT2D eigenvalue weighted by Gasteiger charge is -1.98. The normalized spacial score (nSPS) is 9.80. The maximum absolute atomic E-state index is 8.98. The molecule has 0 spiro atoms. The third-order valence-electron chi connectivity index (χ3n) is 1.08. The fourth-order valence-corrected chi connectivity index (χ4v) is 1.00. The minimum atomic E-state index is -0.0279. The number of halogens is 2. The van der Waals surface area contributed by atoms with Crippen molar-refractivity contribution in [1.82, 2.24) is 4.98 Å². The van der Waals surface area contributed by atoms with Crippen molar-refractivity contribution in [2.45, 2.75) is 5.88 Å². The van der Waals surface area contributed by atoms with Gasteiger partial charge in [0, 0.05) is 11.8 Å². The fraction of sp³-hybridized carbons (Fsp3) is 0.167. The number of aromatic nitrogens is 1. The molecule has 0 aromatic carbocycles. The van der Waals surface area contributed by atoms with Crippen molar-refractivity contribution >= 4 is 23.2 Å². The lowest BCUT2D eigenvalue weighted by Crippen LogP contribution is -1.82. The van der Waals surface area contributed by atoms with E-state index in [1.54, 1.807) is 0 Å². The summed E-state index contributed by atoms with van der Waals surface area (Å²) in [5, 5.41) is 9.26. The van der Waals surface area contributed by atoms with E-state index in [1.165, 1.54) is 12.4 Å². The highest BCUT2D eigenvalue weighted by Crippen LogP contribution is 2.25. The standard InChI is InChI=1S/C6H5Cl2NO/c7-1-4-2-9-3-5(10)6(4)8/h2-3,10H,1H2. The van der Waals surface area contributed by atoms with Gasteiger partial charge in [-0.1, -0.05) is 11.6 Å². The van der Waals surface area contributed by atoms with E-state index in [4.69, 9.17) is 28.3 Å². The molecular formula is C6H5Cl2NO. The molecule has 2 nitrogen and oxygen atoms in total. The van der Waals surface area contributed by atoms with Gasteiger partial charge in [-0.25, -0.2) is 0 Å². The van der Waals surface area contributed by atoms with Crippen LogP contribution in [0.1, 0.15) is 5.56 Å². The number of alkyl halides is 1. The van der Waals surface area contributed by atoms with Crippen molar-refractivity contribution in [2.75, 3.05) is 0 Å². The van der Waals surface area contributed by atoms with Crippen LogP contribution in [0.3, 0.4) is 0 Å². The molecule has 0 unspecified atom stereocenters. The minimum Gasteiger partial charge on any atom is -0.505 e. The lowest BCUT2D eigenvalue weighted by molar-refractivity contribution is 0.472. The first-order valence-corrected chi connectivity index (χ1v) is 3.54. The Labute approximate surface area is 68.4 Å². The van der Waals surface area contributed by atoms with Gasteiger partial charge in [0.15, 0.2) is 5.75 Å². The number of aromatic hydroxyl groups is 1. The number of hydrogen-bond donors (Lipinski definition) is 1. The monoisotopic (exact) mass is 177 g/mol. The first kappa shape index (κ1) is 7.63. The molecule has 0 bridgehead atoms. The molecule has 0 radical (unpaired) electrons. The highest BCUT2D eigenvalue weighted by atomic mass is 35.5. The minimum absolute atomic E-state index is 0.0279. The zero-order valence-corrected chi connectivity index (χ0v) is 6.52. The molecular weight excluding hydrogens is 173 g/mol. The van der Waals surface area contributed by atoms with E-state index in [0.29, 0.717) is 5.56 Å². The number of nitrogens with zero attached hydrogens (tertiary/aromatic N) is 1. The molecule has 0 aliphatic carbocycles. The second-order valence-electron chi connectivity index (χ2n) is 1.77. The van der Waals surface area contributed by atoms with Crippen LogP contribution in [-0.2, 0) is 5.88 Å². The van der Waals surface area contributed by atoms with Crippen molar-refractivity contribution in [2.24, 2.45) is 0 Å². The van der Waals surface area contributed by atoms with Gasteiger partial charge < -0.3 is 5.11 Å². The van der Waals surface area contributed by atoms with Crippen LogP contribution < -0.4 is 0 Å². The SMILES string of the molecule is Oc1cncc(CCl)c1Cl. The summed E-state index contributed by atoms with van der Waals surface area (Å²) in [7, 11) is 0. The summed E-state index contributed by atoms with van der Waals surface area (Å²) in [5.74, 6) is 0.236. The predicted molar refractivity (Wildman–Crippen MR) is 40.5 cm³/mol. The van der Waals surface area contributed by atoms with Crippen LogP contribution in [-0.4, -0.2) is 10.1 Å². The Bertz CT molecular complexity index is 239. The smallest absolute Gasteiger partial charge is 0.152 e. The van der Waals surface area contributed by atoms with Gasteiger partial charge in [-0.3, -0.25) is 4.98 Å². The third kappa shape index (κ3) is 1.33. The van der Waals surface area contributed by atoms with Crippen LogP contribution in [0.4, 0.5) is 0 Å². The Morgan fingerprint density at radius 2 is 2.20 bits per heavy atom. The van der Waals surface area contributed by atoms with E-state index in [2.05, 4.69) is 4.98 Å². The molecule has 0 amide bonds. The Balaban J connectivity index is 3.14. The van der Waals surface area contributed by atoms with Crippen LogP contribution >= 0.6 is 23.2 Å². The van der Waals surface area contributed by atoms with Crippen molar-refractivity contribution < 1.29 is 5.11 Å². The van der Waals surface area contributed by atoms with Gasteiger partial charge in [0.2, 0.25) is 0 Å². The Morgan fingerprint density at radius 1 is 1.50 bits per heavy atom. The summed E-state index contributed by atoms with van der Waals surface area (Å²) in [6.07, 6.45) is 2.80. The fourth-order valence-electron chi connectivity index (χ4n) is 0.569. The van der Waals surface area contributed by atoms with Crippen LogP contribution in [0.5, 0.6) is 5.75 Å². The van der Waals surface area contributed by atoms with E-state index in [0.717, 1.165) is 0 Å². The third-order valence-corrected chi connectivity index (χ3v) is 1.80. The lowest BCUT2D eigenvalue weighted by atomic mass is 10.3. The molecule has 0 saturated carbocycles. The molecule has 1 N–H and O–H groups in total. The molecule has 1 rings (SSSR count). The maximum Gasteiger partial charge on any atom is 0.152 e. The van der Waals surface area contributed by atoms with Crippen LogP contribution in [0, 0.1) is 0 Å². The number of pyridine rings is 1. The summed E-state index contributed by atoms with van der Waals surface area (Å²) < 4.78 is 0. The molecule has 0 fully saturated rings. The van der Waals surface area contributed by atoms with Gasteiger partial charge in [-0.15, -0.1) is 11.6 Å². The molecule has 0 aliphatic heterocycles. The first-order chi connectivity index (χ1) is 4.75. The average Bonchev–Trinajstić information content (AvgIpc) is 1.95. The zero-order chi connectivity index (χ0) is 7.56. The molecule has 0 aliphatic rings. The second kappa shape index (κ2) is 3.08. The second-order valence-corrected chi connectivity index (χ2v) is 2.41. The molecule has 10 heavy (non-hydrogen) atoms. The molecule has 0 saturated heterocycles. The number of hydrogen-bond acceptors (Lipinski definition) is 2. The van der Waals surface area contributed by atoms with Crippen molar-refractivity contribution in [3.8, 4) is 5.75 Å². The van der Waals surface area contributed by atoms with Crippen molar-refractivity contribution in [3.63, 3.8) is 0 Å². The molecule has 54 valence electrons. The highest BCUT2D eigenvalue weighted by Gasteiger charge is 2.02. The van der Waals surface area contributed by atoms with E-state index in [9.17, 15) is 0 Å². The Kier molecular flexibility index (Phi) is 2.35. The zero-order valence-electron chi connectivity index (χ0n) is 5.01. The van der Waals surface area contributed by atoms with Gasteiger partial charge in [-0.2, -0.15) is 0 Å². The van der Waals surface area contributed by atoms with E-state index >= 15 is 0 Å². The summed E-state index contributed by atoms with van der Waals surface area (Å²) in [6, 6.07) is 0. The van der Waals surface area contributed by atoms with Gasteiger partial charge in [-0.05, 0) is 0 Å². The Hall–Kier alpha value is -0.470. The maximum atomic E-state index is 8.98. The largest absolute Gasteiger partial charge is 0.505 e. The molecule has 4 heteroatoms. The van der Waals surface area contributed by atoms with E-state index in [-0.39, 0.29) is 16.7 Å². The predicted octanol–water partition coefficient (Wildman–Crippen LogP) is 2.18. The summed E-state index contributed by atoms with van der Waals surface area (Å²) in [4.78, 5) is 3.70.